The molecule has 0 aromatic carbocycles. The van der Waals surface area contributed by atoms with Gasteiger partial charge in [-0.25, -0.2) is 4.68 Å². The Morgan fingerprint density at radius 2 is 2.24 bits per heavy atom. The first-order valence-corrected chi connectivity index (χ1v) is 12.7. The number of aryl methyl sites for hydroxylation is 2. The topological polar surface area (TPSA) is 140 Å². The summed E-state index contributed by atoms with van der Waals surface area (Å²) in [7, 11) is 1.89. The highest BCUT2D eigenvalue weighted by molar-refractivity contribution is 6.05. The SMILES string of the molecule is CCO/C(N)=C1\C=C\c2n[nH]c3cnc(cc23)-c2c(C)nn(C)c2OCC2CCCN2CC1=NCCO. The van der Waals surface area contributed by atoms with Gasteiger partial charge in [0.1, 0.15) is 6.61 Å². The summed E-state index contributed by atoms with van der Waals surface area (Å²) in [6, 6.07) is 2.20. The number of nitrogens with one attached hydrogen (secondary N) is 1. The third-order valence-corrected chi connectivity index (χ3v) is 6.85. The van der Waals surface area contributed by atoms with Crippen molar-refractivity contribution in [3.8, 4) is 17.1 Å². The number of rotatable bonds is 4. The molecule has 1 fully saturated rings. The zero-order chi connectivity index (χ0) is 25.9. The van der Waals surface area contributed by atoms with Crippen molar-refractivity contribution in [1.29, 1.82) is 0 Å². The van der Waals surface area contributed by atoms with Gasteiger partial charge >= 0.3 is 0 Å². The van der Waals surface area contributed by atoms with Crippen LogP contribution in [0.2, 0.25) is 0 Å². The highest BCUT2D eigenvalue weighted by Gasteiger charge is 2.29. The van der Waals surface area contributed by atoms with E-state index in [2.05, 4.69) is 20.2 Å². The molecule has 5 heterocycles. The van der Waals surface area contributed by atoms with Crippen molar-refractivity contribution in [2.75, 3.05) is 39.5 Å². The van der Waals surface area contributed by atoms with E-state index in [1.54, 1.807) is 10.9 Å². The molecule has 5 rings (SSSR count). The minimum absolute atomic E-state index is 0.0516. The number of fused-ring (bicyclic) bond motifs is 4. The number of aromatic amines is 1. The first-order valence-electron chi connectivity index (χ1n) is 12.7. The van der Waals surface area contributed by atoms with E-state index in [9.17, 15) is 5.11 Å². The van der Waals surface area contributed by atoms with Crippen LogP contribution in [-0.2, 0) is 11.8 Å². The van der Waals surface area contributed by atoms with E-state index in [1.165, 1.54) is 0 Å². The molecule has 0 saturated carbocycles. The summed E-state index contributed by atoms with van der Waals surface area (Å²) in [6.45, 7) is 6.51. The molecule has 3 aromatic heterocycles. The van der Waals surface area contributed by atoms with Gasteiger partial charge in [-0.15, -0.1) is 0 Å². The smallest absolute Gasteiger partial charge is 0.221 e. The molecule has 4 N–H and O–H groups in total. The van der Waals surface area contributed by atoms with Crippen LogP contribution in [0.15, 0.2) is 34.8 Å². The molecular weight excluding hydrogens is 472 g/mol. The largest absolute Gasteiger partial charge is 0.479 e. The maximum Gasteiger partial charge on any atom is 0.221 e. The zero-order valence-electron chi connectivity index (χ0n) is 21.6. The molecule has 2 bridgehead atoms. The molecule has 11 nitrogen and oxygen atoms in total. The highest BCUT2D eigenvalue weighted by atomic mass is 16.5. The molecule has 1 saturated heterocycles. The predicted octanol–water partition coefficient (Wildman–Crippen LogP) is 2.18. The van der Waals surface area contributed by atoms with Crippen LogP contribution >= 0.6 is 0 Å². The van der Waals surface area contributed by atoms with Gasteiger partial charge in [-0.1, -0.05) is 0 Å². The van der Waals surface area contributed by atoms with Crippen molar-refractivity contribution in [3.63, 3.8) is 0 Å². The first kappa shape index (κ1) is 25.0. The standard InChI is InChI=1S/C26H34N8O3/c1-4-36-25(27)18-7-8-20-19-12-21(29-13-22(19)31-30-20)24-16(2)32-33(3)26(24)37-15-17-6-5-10-34(17)14-23(18)28-9-11-35/h7-8,12-13,17,35H,4-6,9-11,14-15,27H2,1-3H3,(H,30,31)/b8-7+,25-18+,28-23?. The average Bonchev–Trinajstić information content (AvgIpc) is 3.57. The van der Waals surface area contributed by atoms with Gasteiger partial charge in [-0.2, -0.15) is 10.2 Å². The number of allylic oxidation sites excluding steroid dienone is 1. The molecule has 0 spiro atoms. The number of nitrogens with zero attached hydrogens (tertiary/aromatic N) is 6. The molecule has 0 amide bonds. The van der Waals surface area contributed by atoms with Gasteiger partial charge in [0, 0.05) is 25.0 Å². The van der Waals surface area contributed by atoms with Crippen LogP contribution in [0, 0.1) is 6.92 Å². The molecule has 0 radical (unpaired) electrons. The second kappa shape index (κ2) is 10.7. The van der Waals surface area contributed by atoms with Gasteiger partial charge in [0.15, 0.2) is 5.88 Å². The highest BCUT2D eigenvalue weighted by Crippen LogP contribution is 2.34. The first-order chi connectivity index (χ1) is 18.0. The van der Waals surface area contributed by atoms with E-state index in [4.69, 9.17) is 25.2 Å². The Balaban J connectivity index is 1.69. The average molecular weight is 507 g/mol. The van der Waals surface area contributed by atoms with Gasteiger partial charge in [-0.3, -0.25) is 20.0 Å². The van der Waals surface area contributed by atoms with Crippen molar-refractivity contribution in [2.24, 2.45) is 17.8 Å². The molecule has 11 heteroatoms. The monoisotopic (exact) mass is 506 g/mol. The van der Waals surface area contributed by atoms with Gasteiger partial charge in [-0.05, 0) is 51.5 Å². The molecular formula is C26H34N8O3. The van der Waals surface area contributed by atoms with E-state index in [0.29, 0.717) is 37.1 Å². The van der Waals surface area contributed by atoms with Crippen LogP contribution in [-0.4, -0.2) is 86.2 Å². The Bertz CT molecular complexity index is 1370. The quantitative estimate of drug-likeness (QED) is 0.458. The molecule has 0 aliphatic carbocycles. The minimum Gasteiger partial charge on any atom is -0.479 e. The minimum atomic E-state index is -0.0516. The van der Waals surface area contributed by atoms with E-state index < -0.39 is 0 Å². The normalized spacial score (nSPS) is 21.8. The Morgan fingerprint density at radius 1 is 1.38 bits per heavy atom. The Morgan fingerprint density at radius 3 is 3.05 bits per heavy atom. The lowest BCUT2D eigenvalue weighted by molar-refractivity contribution is 0.179. The van der Waals surface area contributed by atoms with Gasteiger partial charge in [0.2, 0.25) is 5.88 Å². The van der Waals surface area contributed by atoms with Crippen molar-refractivity contribution in [3.05, 3.63) is 41.2 Å². The lowest BCUT2D eigenvalue weighted by Crippen LogP contribution is -2.39. The fourth-order valence-corrected chi connectivity index (χ4v) is 5.08. The third-order valence-electron chi connectivity index (χ3n) is 6.85. The van der Waals surface area contributed by atoms with E-state index >= 15 is 0 Å². The van der Waals surface area contributed by atoms with Crippen molar-refractivity contribution >= 4 is 22.7 Å². The molecule has 2 aliphatic heterocycles. The van der Waals surface area contributed by atoms with E-state index in [-0.39, 0.29) is 19.2 Å². The number of hydrogen-bond donors (Lipinski definition) is 3. The Labute approximate surface area is 215 Å². The summed E-state index contributed by atoms with van der Waals surface area (Å²) in [5, 5.41) is 22.6. The summed E-state index contributed by atoms with van der Waals surface area (Å²) in [5.74, 6) is 0.991. The summed E-state index contributed by atoms with van der Waals surface area (Å²) in [5.41, 5.74) is 11.9. The van der Waals surface area contributed by atoms with Gasteiger partial charge in [0.05, 0.1) is 65.4 Å². The van der Waals surface area contributed by atoms with Gasteiger partial charge < -0.3 is 20.3 Å². The number of ether oxygens (including phenoxy) is 2. The fourth-order valence-electron chi connectivity index (χ4n) is 5.08. The lowest BCUT2D eigenvalue weighted by Gasteiger charge is -2.26. The zero-order valence-corrected chi connectivity index (χ0v) is 21.6. The molecule has 3 aromatic rings. The number of aliphatic hydroxyl groups is 1. The van der Waals surface area contributed by atoms with Crippen LogP contribution in [0.1, 0.15) is 31.2 Å². The number of nitrogens with two attached hydrogens (primary N) is 1. The van der Waals surface area contributed by atoms with Crippen molar-refractivity contribution < 1.29 is 14.6 Å². The maximum atomic E-state index is 9.53. The van der Waals surface area contributed by atoms with Crippen LogP contribution in [0.25, 0.3) is 28.2 Å². The number of aliphatic imine (C=N–C) groups is 1. The lowest BCUT2D eigenvalue weighted by atomic mass is 10.1. The molecule has 2 aliphatic rings. The van der Waals surface area contributed by atoms with Crippen molar-refractivity contribution in [1.82, 2.24) is 29.9 Å². The number of H-pyrrole nitrogens is 1. The summed E-state index contributed by atoms with van der Waals surface area (Å²) in [6.07, 6.45) is 7.66. The molecule has 196 valence electrons. The van der Waals surface area contributed by atoms with Crippen LogP contribution in [0.4, 0.5) is 0 Å². The van der Waals surface area contributed by atoms with E-state index in [0.717, 1.165) is 58.6 Å². The number of aliphatic hydroxyl groups excluding tert-OH is 1. The summed E-state index contributed by atoms with van der Waals surface area (Å²) in [4.78, 5) is 11.8. The summed E-state index contributed by atoms with van der Waals surface area (Å²) < 4.78 is 13.9. The summed E-state index contributed by atoms with van der Waals surface area (Å²) >= 11 is 0. The van der Waals surface area contributed by atoms with E-state index in [1.807, 2.05) is 39.1 Å². The molecule has 37 heavy (non-hydrogen) atoms. The fraction of sp³-hybridized carbons (Fsp3) is 0.462. The van der Waals surface area contributed by atoms with Gasteiger partial charge in [0.25, 0.3) is 0 Å². The second-order valence-electron chi connectivity index (χ2n) is 9.29. The molecule has 1 atom stereocenters. The Hall–Kier alpha value is -3.70. The maximum absolute atomic E-state index is 9.53. The van der Waals surface area contributed by atoms with Crippen LogP contribution < -0.4 is 10.5 Å². The van der Waals surface area contributed by atoms with Crippen LogP contribution in [0.3, 0.4) is 0 Å². The number of pyridine rings is 1. The third kappa shape index (κ3) is 4.96. The second-order valence-corrected chi connectivity index (χ2v) is 9.29. The molecule has 1 unspecified atom stereocenters. The van der Waals surface area contributed by atoms with Crippen molar-refractivity contribution in [2.45, 2.75) is 32.7 Å². The number of aromatic nitrogens is 5. The van der Waals surface area contributed by atoms with Crippen LogP contribution in [0.5, 0.6) is 5.88 Å². The predicted molar refractivity (Wildman–Crippen MR) is 142 cm³/mol. The number of hydrogen-bond acceptors (Lipinski definition) is 9. The Kier molecular flexibility index (Phi) is 7.24.